The van der Waals surface area contributed by atoms with Crippen molar-refractivity contribution in [1.29, 1.82) is 0 Å². The normalized spacial score (nSPS) is 18.9. The quantitative estimate of drug-likeness (QED) is 0.500. The van der Waals surface area contributed by atoms with Crippen LogP contribution >= 0.6 is 22.9 Å². The van der Waals surface area contributed by atoms with Crippen LogP contribution in [0, 0.1) is 0 Å². The van der Waals surface area contributed by atoms with Gasteiger partial charge in [0.15, 0.2) is 16.6 Å². The van der Waals surface area contributed by atoms with Crippen molar-refractivity contribution >= 4 is 45.6 Å². The molecule has 0 bridgehead atoms. The molecule has 4 rings (SSSR count). The second-order valence-corrected chi connectivity index (χ2v) is 7.15. The highest BCUT2D eigenvalue weighted by atomic mass is 35.5. The number of alkyl halides is 1. The summed E-state index contributed by atoms with van der Waals surface area (Å²) in [6, 6.07) is 10.1. The second kappa shape index (κ2) is 7.05. The van der Waals surface area contributed by atoms with Crippen LogP contribution in [-0.4, -0.2) is 33.5 Å². The number of nitrogens with zero attached hydrogens (tertiary/aromatic N) is 3. The van der Waals surface area contributed by atoms with E-state index in [2.05, 4.69) is 15.3 Å². The summed E-state index contributed by atoms with van der Waals surface area (Å²) in [5.74, 6) is 1.40. The number of amides is 1. The topological polar surface area (TPSA) is 87.6 Å². The van der Waals surface area contributed by atoms with E-state index in [1.54, 1.807) is 23.2 Å². The van der Waals surface area contributed by atoms with Crippen LogP contribution in [-0.2, 0) is 4.79 Å². The van der Waals surface area contributed by atoms with Crippen molar-refractivity contribution < 1.29 is 14.6 Å². The molecule has 1 amide bonds. The van der Waals surface area contributed by atoms with Gasteiger partial charge >= 0.3 is 0 Å². The van der Waals surface area contributed by atoms with Gasteiger partial charge in [-0.3, -0.25) is 9.69 Å². The number of halogens is 1. The van der Waals surface area contributed by atoms with Crippen LogP contribution in [0.3, 0.4) is 0 Å². The van der Waals surface area contributed by atoms with Crippen LogP contribution in [0.15, 0.2) is 48.0 Å². The molecule has 2 atom stereocenters. The zero-order valence-electron chi connectivity index (χ0n) is 14.2. The molecule has 1 aliphatic heterocycles. The number of hydrogen-bond donors (Lipinski definition) is 2. The maximum atomic E-state index is 12.4. The van der Waals surface area contributed by atoms with Gasteiger partial charge < -0.3 is 15.2 Å². The van der Waals surface area contributed by atoms with Gasteiger partial charge in [-0.1, -0.05) is 12.1 Å². The molecule has 138 valence electrons. The van der Waals surface area contributed by atoms with Crippen molar-refractivity contribution in [1.82, 2.24) is 9.97 Å². The molecule has 1 fully saturated rings. The van der Waals surface area contributed by atoms with Gasteiger partial charge in [0, 0.05) is 11.6 Å². The van der Waals surface area contributed by atoms with Gasteiger partial charge in [0.2, 0.25) is 5.91 Å². The number of rotatable bonds is 5. The van der Waals surface area contributed by atoms with E-state index in [0.717, 1.165) is 5.56 Å². The fraction of sp³-hybridized carbons (Fsp3) is 0.167. The van der Waals surface area contributed by atoms with Gasteiger partial charge in [-0.2, -0.15) is 0 Å². The summed E-state index contributed by atoms with van der Waals surface area (Å²) < 4.78 is 5.15. The summed E-state index contributed by atoms with van der Waals surface area (Å²) in [7, 11) is 1.47. The van der Waals surface area contributed by atoms with Gasteiger partial charge in [-0.05, 0) is 29.8 Å². The number of carbonyl (C=O) groups excluding carboxylic acids is 1. The highest BCUT2D eigenvalue weighted by Crippen LogP contribution is 2.45. The lowest BCUT2D eigenvalue weighted by Crippen LogP contribution is -2.56. The first-order valence-electron chi connectivity index (χ1n) is 8.06. The summed E-state index contributed by atoms with van der Waals surface area (Å²) in [5, 5.41) is 14.5. The number of aromatic hydroxyl groups is 1. The Balaban J connectivity index is 1.60. The van der Waals surface area contributed by atoms with E-state index in [9.17, 15) is 9.90 Å². The van der Waals surface area contributed by atoms with Crippen molar-refractivity contribution in [2.75, 3.05) is 17.3 Å². The van der Waals surface area contributed by atoms with Gasteiger partial charge in [0.1, 0.15) is 17.0 Å². The number of β-lactam (4-membered cyclic amide) rings is 1. The van der Waals surface area contributed by atoms with E-state index in [-0.39, 0.29) is 17.7 Å². The number of phenols is 1. The maximum Gasteiger partial charge on any atom is 0.249 e. The molecule has 2 N–H and O–H groups in total. The van der Waals surface area contributed by atoms with E-state index in [1.165, 1.54) is 24.5 Å². The summed E-state index contributed by atoms with van der Waals surface area (Å²) in [6.07, 6.45) is 1.68. The second-order valence-electron chi connectivity index (χ2n) is 5.84. The van der Waals surface area contributed by atoms with Crippen molar-refractivity contribution in [3.63, 3.8) is 0 Å². The van der Waals surface area contributed by atoms with Gasteiger partial charge in [0.05, 0.1) is 13.2 Å². The Morgan fingerprint density at radius 2 is 2.15 bits per heavy atom. The lowest BCUT2D eigenvalue weighted by molar-refractivity contribution is -0.123. The zero-order valence-corrected chi connectivity index (χ0v) is 15.7. The Morgan fingerprint density at radius 3 is 2.89 bits per heavy atom. The number of pyridine rings is 1. The highest BCUT2D eigenvalue weighted by Gasteiger charge is 2.49. The number of ether oxygens (including phenoxy) is 1. The molecule has 1 saturated heterocycles. The first-order valence-corrected chi connectivity index (χ1v) is 9.37. The lowest BCUT2D eigenvalue weighted by Gasteiger charge is -2.42. The molecule has 9 heteroatoms. The van der Waals surface area contributed by atoms with Crippen molar-refractivity contribution in [2.24, 2.45) is 0 Å². The maximum absolute atomic E-state index is 12.4. The van der Waals surface area contributed by atoms with Crippen molar-refractivity contribution in [3.8, 4) is 11.5 Å². The Hall–Kier alpha value is -2.84. The third-order valence-electron chi connectivity index (χ3n) is 4.19. The standard InChI is InChI=1S/C18H15ClN4O3S/c1-26-12-8-10(5-6-11(12)24)16-15(19)17(25)23(16)18-22-14(9-27-18)21-13-4-2-3-7-20-13/h2-9,15-16,24H,1H3,(H,20,21). The molecule has 0 spiro atoms. The predicted molar refractivity (Wildman–Crippen MR) is 104 cm³/mol. The molecule has 3 aromatic rings. The smallest absolute Gasteiger partial charge is 0.249 e. The number of aromatic nitrogens is 2. The van der Waals surface area contributed by atoms with Crippen LogP contribution in [0.1, 0.15) is 11.6 Å². The molecule has 7 nitrogen and oxygen atoms in total. The SMILES string of the molecule is COc1cc(C2C(Cl)C(=O)N2c2nc(Nc3ccccn3)cs2)ccc1O. The number of hydrogen-bond acceptors (Lipinski definition) is 7. The number of anilines is 3. The van der Waals surface area contributed by atoms with E-state index in [1.807, 2.05) is 23.6 Å². The number of methoxy groups -OCH3 is 1. The van der Waals surface area contributed by atoms with Crippen LogP contribution in [0.5, 0.6) is 11.5 Å². The summed E-state index contributed by atoms with van der Waals surface area (Å²) in [6.45, 7) is 0. The Labute approximate surface area is 164 Å². The third kappa shape index (κ3) is 3.17. The minimum Gasteiger partial charge on any atom is -0.504 e. The monoisotopic (exact) mass is 402 g/mol. The Morgan fingerprint density at radius 1 is 1.30 bits per heavy atom. The molecule has 0 saturated carbocycles. The summed E-state index contributed by atoms with van der Waals surface area (Å²) in [5.41, 5.74) is 0.763. The lowest BCUT2D eigenvalue weighted by atomic mass is 9.93. The number of carbonyl (C=O) groups is 1. The number of nitrogens with one attached hydrogen (secondary N) is 1. The minimum absolute atomic E-state index is 0.0284. The van der Waals surface area contributed by atoms with Crippen molar-refractivity contribution in [3.05, 3.63) is 53.5 Å². The van der Waals surface area contributed by atoms with Crippen LogP contribution < -0.4 is 15.0 Å². The fourth-order valence-corrected chi connectivity index (χ4v) is 4.02. The molecular formula is C18H15ClN4O3S. The molecule has 1 aliphatic rings. The van der Waals surface area contributed by atoms with Gasteiger partial charge in [0.25, 0.3) is 0 Å². The molecule has 1 aromatic carbocycles. The number of benzene rings is 1. The van der Waals surface area contributed by atoms with Crippen LogP contribution in [0.2, 0.25) is 0 Å². The van der Waals surface area contributed by atoms with Gasteiger partial charge in [-0.25, -0.2) is 9.97 Å². The minimum atomic E-state index is -0.699. The average molecular weight is 403 g/mol. The number of phenolic OH excluding ortho intramolecular Hbond substituents is 1. The Kier molecular flexibility index (Phi) is 4.59. The third-order valence-corrected chi connectivity index (χ3v) is 5.46. The largest absolute Gasteiger partial charge is 0.504 e. The van der Waals surface area contributed by atoms with E-state index >= 15 is 0 Å². The molecular weight excluding hydrogens is 388 g/mol. The van der Waals surface area contributed by atoms with Gasteiger partial charge in [-0.15, -0.1) is 22.9 Å². The first kappa shape index (κ1) is 17.6. The highest BCUT2D eigenvalue weighted by molar-refractivity contribution is 7.14. The van der Waals surface area contributed by atoms with Crippen LogP contribution in [0.4, 0.5) is 16.8 Å². The zero-order chi connectivity index (χ0) is 19.0. The first-order chi connectivity index (χ1) is 13.1. The van der Waals surface area contributed by atoms with Crippen molar-refractivity contribution in [2.45, 2.75) is 11.4 Å². The molecule has 2 unspecified atom stereocenters. The molecule has 3 heterocycles. The molecule has 0 aliphatic carbocycles. The van der Waals surface area contributed by atoms with Crippen LogP contribution in [0.25, 0.3) is 0 Å². The van der Waals surface area contributed by atoms with E-state index in [4.69, 9.17) is 16.3 Å². The van der Waals surface area contributed by atoms with E-state index in [0.29, 0.717) is 22.5 Å². The summed E-state index contributed by atoms with van der Waals surface area (Å²) >= 11 is 7.61. The Bertz CT molecular complexity index is 982. The average Bonchev–Trinajstić information content (AvgIpc) is 3.14. The fourth-order valence-electron chi connectivity index (χ4n) is 2.86. The number of thiazole rings is 1. The molecule has 27 heavy (non-hydrogen) atoms. The summed E-state index contributed by atoms with van der Waals surface area (Å²) in [4.78, 5) is 22.6. The van der Waals surface area contributed by atoms with E-state index < -0.39 is 5.38 Å². The molecule has 2 aromatic heterocycles. The molecule has 0 radical (unpaired) electrons. The predicted octanol–water partition coefficient (Wildman–Crippen LogP) is 3.69.